The number of benzene rings is 1. The third-order valence-electron chi connectivity index (χ3n) is 5.64. The molecule has 1 aromatic carbocycles. The average Bonchev–Trinajstić information content (AvgIpc) is 3.13. The Hall–Kier alpha value is -0.860. The van der Waals surface area contributed by atoms with Crippen molar-refractivity contribution in [3.05, 3.63) is 59.0 Å². The predicted molar refractivity (Wildman–Crippen MR) is 142 cm³/mol. The van der Waals surface area contributed by atoms with Crippen molar-refractivity contribution in [2.45, 2.75) is 32.2 Å². The summed E-state index contributed by atoms with van der Waals surface area (Å²) in [5.41, 5.74) is 15.8. The number of aryl methyl sites for hydroxylation is 1. The molecule has 0 amide bonds. The normalized spacial score (nSPS) is 17.8. The van der Waals surface area contributed by atoms with E-state index in [2.05, 4.69) is 28.6 Å². The van der Waals surface area contributed by atoms with E-state index in [-0.39, 0.29) is 61.5 Å². The highest BCUT2D eigenvalue weighted by Crippen LogP contribution is 2.24. The van der Waals surface area contributed by atoms with Crippen molar-refractivity contribution in [1.82, 2.24) is 15.6 Å². The largest absolute Gasteiger partial charge is 0.384 e. The molecule has 0 aliphatic carbocycles. The highest BCUT2D eigenvalue weighted by Gasteiger charge is 2.32. The molecule has 1 aliphatic rings. The van der Waals surface area contributed by atoms with Crippen LogP contribution in [0.15, 0.2) is 36.4 Å². The molecule has 3 rings (SSSR count). The van der Waals surface area contributed by atoms with Gasteiger partial charge in [-0.05, 0) is 86.1 Å². The molecule has 3 atom stereocenters. The summed E-state index contributed by atoms with van der Waals surface area (Å²) in [6.07, 6.45) is 2.65. The Kier molecular flexibility index (Phi) is 17.4. The number of nitrogen functional groups attached to an aromatic ring is 1. The Morgan fingerprint density at radius 1 is 1.12 bits per heavy atom. The summed E-state index contributed by atoms with van der Waals surface area (Å²) in [4.78, 5) is 4.52. The van der Waals surface area contributed by atoms with E-state index in [1.165, 1.54) is 11.6 Å². The van der Waals surface area contributed by atoms with Gasteiger partial charge in [-0.15, -0.1) is 49.6 Å². The molecule has 32 heavy (non-hydrogen) atoms. The van der Waals surface area contributed by atoms with Gasteiger partial charge in [0.05, 0.1) is 0 Å². The molecule has 1 aromatic heterocycles. The lowest BCUT2D eigenvalue weighted by atomic mass is 9.85. The molecule has 10 heteroatoms. The van der Waals surface area contributed by atoms with Crippen LogP contribution < -0.4 is 22.1 Å². The van der Waals surface area contributed by atoms with Gasteiger partial charge in [-0.2, -0.15) is 0 Å². The molecule has 0 bridgehead atoms. The minimum atomic E-state index is -0.185. The molecule has 1 unspecified atom stereocenters. The number of hydrogen-bond donors (Lipinski definition) is 4. The number of pyridine rings is 1. The smallest absolute Gasteiger partial charge is 0.123 e. The van der Waals surface area contributed by atoms with E-state index in [0.29, 0.717) is 17.7 Å². The van der Waals surface area contributed by atoms with Crippen molar-refractivity contribution >= 4 is 55.4 Å². The summed E-state index contributed by atoms with van der Waals surface area (Å²) in [6, 6.07) is 10.9. The quantitative estimate of drug-likeness (QED) is 0.372. The van der Waals surface area contributed by atoms with Gasteiger partial charge in [0.15, 0.2) is 0 Å². The first kappa shape index (κ1) is 33.3. The van der Waals surface area contributed by atoms with E-state index in [1.54, 1.807) is 12.1 Å². The molecule has 0 saturated carbocycles. The van der Waals surface area contributed by atoms with Gasteiger partial charge in [0.1, 0.15) is 11.6 Å². The Bertz CT molecular complexity index is 784. The van der Waals surface area contributed by atoms with Crippen molar-refractivity contribution in [3.8, 4) is 0 Å². The van der Waals surface area contributed by atoms with Crippen molar-refractivity contribution in [1.29, 1.82) is 0 Å². The third kappa shape index (κ3) is 9.96. The van der Waals surface area contributed by atoms with Crippen LogP contribution in [0.3, 0.4) is 0 Å². The van der Waals surface area contributed by atoms with Gasteiger partial charge in [-0.3, -0.25) is 0 Å². The van der Waals surface area contributed by atoms with Crippen LogP contribution >= 0.6 is 49.6 Å². The molecule has 0 radical (unpaired) electrons. The predicted octanol–water partition coefficient (Wildman–Crippen LogP) is 3.59. The molecule has 2 heterocycles. The third-order valence-corrected chi connectivity index (χ3v) is 5.64. The van der Waals surface area contributed by atoms with Crippen LogP contribution in [-0.2, 0) is 19.3 Å². The zero-order valence-corrected chi connectivity index (χ0v) is 21.5. The number of anilines is 1. The van der Waals surface area contributed by atoms with E-state index in [1.807, 2.05) is 12.1 Å². The monoisotopic (exact) mass is 529 g/mol. The van der Waals surface area contributed by atoms with Gasteiger partial charge < -0.3 is 22.1 Å². The lowest BCUT2D eigenvalue weighted by molar-refractivity contribution is 0.336. The van der Waals surface area contributed by atoms with Crippen molar-refractivity contribution in [2.24, 2.45) is 17.6 Å². The molecule has 5 nitrogen and oxygen atoms in total. The fourth-order valence-electron chi connectivity index (χ4n) is 4.08. The maximum atomic E-state index is 13.2. The van der Waals surface area contributed by atoms with E-state index in [9.17, 15) is 4.39 Å². The molecule has 1 aliphatic heterocycles. The van der Waals surface area contributed by atoms with E-state index < -0.39 is 0 Å². The molecule has 0 spiro atoms. The van der Waals surface area contributed by atoms with Gasteiger partial charge in [0.25, 0.3) is 0 Å². The molecule has 184 valence electrons. The zero-order valence-electron chi connectivity index (χ0n) is 18.3. The van der Waals surface area contributed by atoms with Gasteiger partial charge in [0, 0.05) is 18.3 Å². The Labute approximate surface area is 215 Å². The lowest BCUT2D eigenvalue weighted by Crippen LogP contribution is -2.44. The Morgan fingerprint density at radius 3 is 2.56 bits per heavy atom. The van der Waals surface area contributed by atoms with Gasteiger partial charge in [-0.1, -0.05) is 19.1 Å². The second-order valence-corrected chi connectivity index (χ2v) is 7.78. The van der Waals surface area contributed by atoms with Crippen LogP contribution in [0.2, 0.25) is 0 Å². The molecule has 1 fully saturated rings. The molecular formula is C22H36Cl4FN5. The maximum Gasteiger partial charge on any atom is 0.123 e. The average molecular weight is 531 g/mol. The number of hydrogen-bond acceptors (Lipinski definition) is 5. The minimum absolute atomic E-state index is 0. The fourth-order valence-corrected chi connectivity index (χ4v) is 4.08. The van der Waals surface area contributed by atoms with Gasteiger partial charge in [0.2, 0.25) is 0 Å². The highest BCUT2D eigenvalue weighted by molar-refractivity contribution is 5.86. The van der Waals surface area contributed by atoms with Gasteiger partial charge in [-0.25, -0.2) is 9.37 Å². The van der Waals surface area contributed by atoms with Crippen LogP contribution in [0.4, 0.5) is 10.2 Å². The van der Waals surface area contributed by atoms with Crippen LogP contribution in [0.1, 0.15) is 23.7 Å². The number of aromatic nitrogens is 1. The summed E-state index contributed by atoms with van der Waals surface area (Å²) in [5, 5.41) is 6.91. The standard InChI is InChI=1S/C22H32FN5.4ClH/c1-2-15-9-19(28-22(25)10-15)11-17-12-27-13-20(17)21(24)14-26-7-6-16-4-3-5-18(23)8-16;;;;/h3-5,8-10,17,20-21,26-27H,2,6-7,11-14,24H2,1H3,(H2,25,28);4*1H/t17-,20-,21?;;;;/m0..../s1. The van der Waals surface area contributed by atoms with Crippen LogP contribution in [0, 0.1) is 17.7 Å². The number of halogens is 5. The number of nitrogens with zero attached hydrogens (tertiary/aromatic N) is 1. The van der Waals surface area contributed by atoms with Crippen molar-refractivity contribution in [3.63, 3.8) is 0 Å². The molecule has 6 N–H and O–H groups in total. The summed E-state index contributed by atoms with van der Waals surface area (Å²) in [5.74, 6) is 1.27. The first-order valence-corrected chi connectivity index (χ1v) is 10.2. The van der Waals surface area contributed by atoms with Crippen molar-refractivity contribution < 1.29 is 4.39 Å². The van der Waals surface area contributed by atoms with Crippen LogP contribution in [-0.4, -0.2) is 37.2 Å². The fraction of sp³-hybridized carbons (Fsp3) is 0.500. The van der Waals surface area contributed by atoms with E-state index >= 15 is 0 Å². The van der Waals surface area contributed by atoms with E-state index in [0.717, 1.165) is 56.7 Å². The second-order valence-electron chi connectivity index (χ2n) is 7.78. The summed E-state index contributed by atoms with van der Waals surface area (Å²) in [7, 11) is 0. The lowest BCUT2D eigenvalue weighted by Gasteiger charge is -2.25. The molecular weight excluding hydrogens is 495 g/mol. The minimum Gasteiger partial charge on any atom is -0.384 e. The van der Waals surface area contributed by atoms with Gasteiger partial charge >= 0.3 is 0 Å². The van der Waals surface area contributed by atoms with Crippen molar-refractivity contribution in [2.75, 3.05) is 31.9 Å². The Morgan fingerprint density at radius 2 is 1.88 bits per heavy atom. The summed E-state index contributed by atoms with van der Waals surface area (Å²) >= 11 is 0. The molecule has 1 saturated heterocycles. The SMILES string of the molecule is CCc1cc(N)nc(C[C@H]2CNC[C@@H]2C(N)CNCCc2cccc(F)c2)c1.Cl.Cl.Cl.Cl. The summed E-state index contributed by atoms with van der Waals surface area (Å²) in [6.45, 7) is 5.56. The number of nitrogens with one attached hydrogen (secondary N) is 2. The second kappa shape index (κ2) is 16.7. The topological polar surface area (TPSA) is 89.0 Å². The van der Waals surface area contributed by atoms with E-state index in [4.69, 9.17) is 11.5 Å². The van der Waals surface area contributed by atoms with Crippen LogP contribution in [0.25, 0.3) is 0 Å². The maximum absolute atomic E-state index is 13.2. The summed E-state index contributed by atoms with van der Waals surface area (Å²) < 4.78 is 13.2. The molecule has 2 aromatic rings. The zero-order chi connectivity index (χ0) is 19.9. The first-order chi connectivity index (χ1) is 13.5. The first-order valence-electron chi connectivity index (χ1n) is 10.2. The van der Waals surface area contributed by atoms with Crippen LogP contribution in [0.5, 0.6) is 0 Å². The number of nitrogens with two attached hydrogens (primary N) is 2. The number of rotatable bonds is 9. The highest BCUT2D eigenvalue weighted by atomic mass is 35.5. The Balaban J connectivity index is 0.